The van der Waals surface area contributed by atoms with Gasteiger partial charge in [0.15, 0.2) is 0 Å². The molecule has 0 N–H and O–H groups in total. The topological polar surface area (TPSA) is 28.5 Å². The van der Waals surface area contributed by atoms with Crippen molar-refractivity contribution < 1.29 is 0 Å². The molecule has 136 valence electrons. The molecule has 0 saturated heterocycles. The van der Waals surface area contributed by atoms with Crippen molar-refractivity contribution in [2.45, 2.75) is 19.3 Å². The number of pyridine rings is 1. The zero-order valence-corrected chi connectivity index (χ0v) is 16.4. The Morgan fingerprint density at radius 2 is 1.67 bits per heavy atom. The Labute approximate surface area is 165 Å². The summed E-state index contributed by atoms with van der Waals surface area (Å²) in [7, 11) is 4.10. The van der Waals surface area contributed by atoms with E-state index in [9.17, 15) is 0 Å². The molecule has 0 saturated carbocycles. The molecule has 0 amide bonds. The number of aryl methyl sites for hydroxylation is 2. The second kappa shape index (κ2) is 7.53. The van der Waals surface area contributed by atoms with Crippen LogP contribution in [0.4, 0.5) is 5.69 Å². The van der Waals surface area contributed by atoms with E-state index >= 15 is 0 Å². The highest BCUT2D eigenvalue weighted by Crippen LogP contribution is 2.28. The smallest absolute Gasteiger partial charge is 0.109 e. The first-order valence-corrected chi connectivity index (χ1v) is 9.54. The predicted octanol–water partition coefficient (Wildman–Crippen LogP) is 5.33. The summed E-state index contributed by atoms with van der Waals surface area (Å²) < 4.78 is 0. The summed E-state index contributed by atoms with van der Waals surface area (Å²) in [6.45, 7) is 0. The molecule has 2 heterocycles. The average Bonchev–Trinajstić information content (AvgIpc) is 3.11. The van der Waals surface area contributed by atoms with E-state index in [-0.39, 0.29) is 0 Å². The van der Waals surface area contributed by atoms with E-state index in [1.165, 1.54) is 16.7 Å². The van der Waals surface area contributed by atoms with E-state index < -0.39 is 0 Å². The van der Waals surface area contributed by atoms with Gasteiger partial charge >= 0.3 is 0 Å². The number of fused-ring (bicyclic) bond motifs is 1. The van der Waals surface area contributed by atoms with Gasteiger partial charge in [0.2, 0.25) is 0 Å². The first kappa shape index (κ1) is 17.7. The molecule has 0 spiro atoms. The number of nitrogens with zero attached hydrogens (tertiary/aromatic N) is 3. The first-order chi connectivity index (χ1) is 13.1. The van der Waals surface area contributed by atoms with Crippen LogP contribution in [0.15, 0.2) is 65.8 Å². The number of hydrogen-bond acceptors (Lipinski definition) is 3. The van der Waals surface area contributed by atoms with Crippen molar-refractivity contribution in [3.8, 4) is 11.3 Å². The van der Waals surface area contributed by atoms with Gasteiger partial charge in [0, 0.05) is 32.3 Å². The first-order valence-electron chi connectivity index (χ1n) is 9.16. The van der Waals surface area contributed by atoms with E-state index in [1.54, 1.807) is 6.20 Å². The van der Waals surface area contributed by atoms with Crippen molar-refractivity contribution in [2.75, 3.05) is 14.1 Å². The SMILES string of the molecule is CN(C)C1=Nc2ccc(CCc3ccc(-c4ccc(Cl)cn4)cc3)cc2C1. The number of halogens is 1. The predicted molar refractivity (Wildman–Crippen MR) is 113 cm³/mol. The molecule has 0 fully saturated rings. The van der Waals surface area contributed by atoms with Crippen LogP contribution in [0, 0.1) is 0 Å². The molecule has 0 bridgehead atoms. The number of amidine groups is 1. The molecule has 0 aliphatic carbocycles. The van der Waals surface area contributed by atoms with Gasteiger partial charge in [-0.15, -0.1) is 0 Å². The molecule has 27 heavy (non-hydrogen) atoms. The fourth-order valence-corrected chi connectivity index (χ4v) is 3.44. The maximum absolute atomic E-state index is 5.91. The minimum absolute atomic E-state index is 0.660. The van der Waals surface area contributed by atoms with Gasteiger partial charge in [0.1, 0.15) is 5.84 Å². The van der Waals surface area contributed by atoms with Gasteiger partial charge < -0.3 is 4.90 Å². The van der Waals surface area contributed by atoms with E-state index in [1.807, 2.05) is 12.1 Å². The maximum Gasteiger partial charge on any atom is 0.109 e. The third-order valence-corrected chi connectivity index (χ3v) is 5.16. The van der Waals surface area contributed by atoms with Crippen LogP contribution in [0.3, 0.4) is 0 Å². The summed E-state index contributed by atoms with van der Waals surface area (Å²) in [4.78, 5) is 11.2. The van der Waals surface area contributed by atoms with Gasteiger partial charge in [-0.2, -0.15) is 0 Å². The lowest BCUT2D eigenvalue weighted by Crippen LogP contribution is -2.21. The fraction of sp³-hybridized carbons (Fsp3) is 0.217. The lowest BCUT2D eigenvalue weighted by Gasteiger charge is -2.10. The summed E-state index contributed by atoms with van der Waals surface area (Å²) in [5.41, 5.74) is 7.20. The molecule has 1 aliphatic heterocycles. The number of aromatic nitrogens is 1. The van der Waals surface area contributed by atoms with Gasteiger partial charge in [0.25, 0.3) is 0 Å². The Bertz CT molecular complexity index is 974. The molecule has 0 atom stereocenters. The van der Waals surface area contributed by atoms with Gasteiger partial charge in [-0.1, -0.05) is 48.0 Å². The molecular weight excluding hydrogens is 354 g/mol. The van der Waals surface area contributed by atoms with Gasteiger partial charge in [0.05, 0.1) is 16.4 Å². The molecule has 0 unspecified atom stereocenters. The normalized spacial score (nSPS) is 12.6. The lowest BCUT2D eigenvalue weighted by atomic mass is 10.00. The Kier molecular flexibility index (Phi) is 4.95. The highest BCUT2D eigenvalue weighted by atomic mass is 35.5. The van der Waals surface area contributed by atoms with Crippen LogP contribution in [0.25, 0.3) is 11.3 Å². The molecular formula is C23H22ClN3. The van der Waals surface area contributed by atoms with E-state index in [0.29, 0.717) is 5.02 Å². The molecule has 3 aromatic rings. The maximum atomic E-state index is 5.91. The number of aliphatic imine (C=N–C) groups is 1. The zero-order chi connectivity index (χ0) is 18.8. The molecule has 1 aromatic heterocycles. The van der Waals surface area contributed by atoms with Gasteiger partial charge in [-0.25, -0.2) is 4.99 Å². The fourth-order valence-electron chi connectivity index (χ4n) is 3.33. The van der Waals surface area contributed by atoms with Crippen molar-refractivity contribution in [1.29, 1.82) is 0 Å². The van der Waals surface area contributed by atoms with Gasteiger partial charge in [-0.3, -0.25) is 4.98 Å². The second-order valence-corrected chi connectivity index (χ2v) is 7.56. The number of hydrogen-bond donors (Lipinski definition) is 0. The minimum atomic E-state index is 0.660. The van der Waals surface area contributed by atoms with Crippen molar-refractivity contribution in [2.24, 2.45) is 4.99 Å². The highest BCUT2D eigenvalue weighted by Gasteiger charge is 2.16. The van der Waals surface area contributed by atoms with Crippen LogP contribution in [0.2, 0.25) is 5.02 Å². The van der Waals surface area contributed by atoms with Crippen molar-refractivity contribution in [3.05, 3.63) is 82.5 Å². The van der Waals surface area contributed by atoms with E-state index in [0.717, 1.165) is 42.0 Å². The Morgan fingerprint density at radius 3 is 2.37 bits per heavy atom. The molecule has 1 aliphatic rings. The van der Waals surface area contributed by atoms with Crippen LogP contribution < -0.4 is 0 Å². The number of rotatable bonds is 4. The molecule has 4 heteroatoms. The summed E-state index contributed by atoms with van der Waals surface area (Å²) in [5, 5.41) is 0.660. The summed E-state index contributed by atoms with van der Waals surface area (Å²) in [6, 6.07) is 19.1. The molecule has 3 nitrogen and oxygen atoms in total. The minimum Gasteiger partial charge on any atom is -0.366 e. The molecule has 0 radical (unpaired) electrons. The largest absolute Gasteiger partial charge is 0.366 e. The summed E-state index contributed by atoms with van der Waals surface area (Å²) in [6.07, 6.45) is 4.67. The van der Waals surface area contributed by atoms with Crippen LogP contribution in [-0.2, 0) is 19.3 Å². The van der Waals surface area contributed by atoms with E-state index in [4.69, 9.17) is 11.6 Å². The zero-order valence-electron chi connectivity index (χ0n) is 15.6. The lowest BCUT2D eigenvalue weighted by molar-refractivity contribution is 0.614. The standard InChI is InChI=1S/C23H22ClN3/c1-27(2)23-14-19-13-17(7-11-22(19)26-23)4-3-16-5-8-18(9-6-16)21-12-10-20(24)15-25-21/h5-13,15H,3-4,14H2,1-2H3. The van der Waals surface area contributed by atoms with Crippen LogP contribution in [-0.4, -0.2) is 29.8 Å². The molecule has 2 aromatic carbocycles. The highest BCUT2D eigenvalue weighted by molar-refractivity contribution is 6.30. The van der Waals surface area contributed by atoms with Crippen molar-refractivity contribution in [1.82, 2.24) is 9.88 Å². The number of likely N-dealkylation sites (N-methyl/N-ethyl adjacent to an activating group) is 1. The summed E-state index contributed by atoms with van der Waals surface area (Å²) in [5.74, 6) is 1.13. The monoisotopic (exact) mass is 375 g/mol. The average molecular weight is 376 g/mol. The van der Waals surface area contributed by atoms with Crippen LogP contribution in [0.1, 0.15) is 16.7 Å². The quantitative estimate of drug-likeness (QED) is 0.616. The van der Waals surface area contributed by atoms with Crippen LogP contribution >= 0.6 is 11.6 Å². The van der Waals surface area contributed by atoms with E-state index in [2.05, 4.69) is 71.4 Å². The van der Waals surface area contributed by atoms with Crippen molar-refractivity contribution in [3.63, 3.8) is 0 Å². The number of benzene rings is 2. The third kappa shape index (κ3) is 4.04. The Morgan fingerprint density at radius 1 is 0.926 bits per heavy atom. The second-order valence-electron chi connectivity index (χ2n) is 7.12. The Balaban J connectivity index is 1.40. The third-order valence-electron chi connectivity index (χ3n) is 4.94. The van der Waals surface area contributed by atoms with Gasteiger partial charge in [-0.05, 0) is 47.7 Å². The molecule has 4 rings (SSSR count). The van der Waals surface area contributed by atoms with Crippen LogP contribution in [0.5, 0.6) is 0 Å². The van der Waals surface area contributed by atoms with Crippen molar-refractivity contribution >= 4 is 23.1 Å². The summed E-state index contributed by atoms with van der Waals surface area (Å²) >= 11 is 5.91. The Hall–Kier alpha value is -2.65.